The second-order valence-electron chi connectivity index (χ2n) is 2.53. The molecule has 14 heavy (non-hydrogen) atoms. The van der Waals surface area contributed by atoms with Crippen LogP contribution in [0.4, 0.5) is 4.20 Å². The molecule has 0 aromatic carbocycles. The summed E-state index contributed by atoms with van der Waals surface area (Å²) in [7, 11) is 2.17. The van der Waals surface area contributed by atoms with Crippen molar-refractivity contribution < 1.29 is 23.0 Å². The first-order chi connectivity index (χ1) is 6.76. The molecular weight excluding hydrogens is 230 g/mol. The second kappa shape index (κ2) is 10.1. The monoisotopic (exact) mass is 246 g/mol. The van der Waals surface area contributed by atoms with Crippen LogP contribution in [0.3, 0.4) is 0 Å². The Morgan fingerprint density at radius 3 is 2.57 bits per heavy atom. The number of rotatable bonds is 9. The van der Waals surface area contributed by atoms with Crippen LogP contribution in [0.1, 0.15) is 12.8 Å². The molecule has 0 bridgehead atoms. The third kappa shape index (κ3) is 6.92. The van der Waals surface area contributed by atoms with Gasteiger partial charge >= 0.3 is 0 Å². The van der Waals surface area contributed by atoms with Gasteiger partial charge in [-0.1, -0.05) is 0 Å². The molecule has 2 unspecified atom stereocenters. The smallest absolute Gasteiger partial charge is 0.182 e. The summed E-state index contributed by atoms with van der Waals surface area (Å²) in [6.07, 6.45) is -0.137. The number of aliphatic hydroxyl groups is 1. The van der Waals surface area contributed by atoms with Crippen LogP contribution in [0.5, 0.6) is 0 Å². The highest BCUT2D eigenvalue weighted by Crippen LogP contribution is 2.30. The molecule has 0 rings (SSSR count). The van der Waals surface area contributed by atoms with Crippen LogP contribution >= 0.6 is 19.8 Å². The fraction of sp³-hybridized carbons (Fsp3) is 1.00. The number of halogens is 1. The first-order valence-electron chi connectivity index (χ1n) is 4.14. The van der Waals surface area contributed by atoms with Gasteiger partial charge in [-0.05, 0) is 12.8 Å². The van der Waals surface area contributed by atoms with E-state index in [9.17, 15) is 9.30 Å². The molecular formula is C7H16FO4PS. The van der Waals surface area contributed by atoms with Gasteiger partial charge in [-0.2, -0.15) is 0 Å². The van der Waals surface area contributed by atoms with Crippen LogP contribution in [-0.2, 0) is 13.7 Å². The van der Waals surface area contributed by atoms with E-state index in [0.29, 0.717) is 19.4 Å². The largest absolute Gasteiger partial charge is 0.388 e. The molecule has 0 radical (unpaired) electrons. The molecule has 0 aliphatic carbocycles. The first-order valence-corrected chi connectivity index (χ1v) is 6.48. The predicted molar refractivity (Wildman–Crippen MR) is 56.0 cm³/mol. The van der Waals surface area contributed by atoms with Crippen molar-refractivity contribution in [2.45, 2.75) is 25.2 Å². The quantitative estimate of drug-likeness (QED) is 0.291. The standard InChI is InChI=1S/C7H16FO4PS/c1-10-7(11-2)6(9)4-3-5-12-14-13-8/h6-7,9,13H,3-5H2,1-2H3. The molecule has 86 valence electrons. The average molecular weight is 246 g/mol. The normalized spacial score (nSPS) is 14.4. The Hall–Kier alpha value is 0.550. The zero-order chi connectivity index (χ0) is 10.8. The van der Waals surface area contributed by atoms with Crippen molar-refractivity contribution in [3.05, 3.63) is 0 Å². The van der Waals surface area contributed by atoms with Crippen molar-refractivity contribution in [3.63, 3.8) is 0 Å². The third-order valence-electron chi connectivity index (χ3n) is 1.60. The van der Waals surface area contributed by atoms with Gasteiger partial charge in [0.15, 0.2) is 14.4 Å². The highest BCUT2D eigenvalue weighted by molar-refractivity contribution is 8.45. The Bertz CT molecular complexity index is 128. The van der Waals surface area contributed by atoms with Crippen molar-refractivity contribution in [2.24, 2.45) is 0 Å². The summed E-state index contributed by atoms with van der Waals surface area (Å²) in [5.41, 5.74) is 0. The lowest BCUT2D eigenvalue weighted by Crippen LogP contribution is -2.29. The van der Waals surface area contributed by atoms with Gasteiger partial charge in [-0.15, -0.1) is 0 Å². The molecule has 0 aliphatic heterocycles. The third-order valence-corrected chi connectivity index (χ3v) is 2.49. The number of hydrogen-bond acceptors (Lipinski definition) is 5. The Balaban J connectivity index is 3.37. The van der Waals surface area contributed by atoms with Gasteiger partial charge in [-0.3, -0.25) is 0 Å². The van der Waals surface area contributed by atoms with E-state index in [1.165, 1.54) is 14.2 Å². The molecule has 0 fully saturated rings. The number of hydrogen-bond donors (Lipinski definition) is 1. The molecule has 0 amide bonds. The van der Waals surface area contributed by atoms with Crippen LogP contribution < -0.4 is 0 Å². The summed E-state index contributed by atoms with van der Waals surface area (Å²) in [4.78, 5) is 0. The molecule has 1 N–H and O–H groups in total. The summed E-state index contributed by atoms with van der Waals surface area (Å²) >= 11 is 0.797. The molecule has 0 spiro atoms. The van der Waals surface area contributed by atoms with Crippen LogP contribution in [0.15, 0.2) is 0 Å². The maximum atomic E-state index is 11.6. The van der Waals surface area contributed by atoms with Crippen LogP contribution in [0.2, 0.25) is 0 Å². The molecule has 0 aliphatic rings. The first kappa shape index (κ1) is 14.6. The molecule has 2 atom stereocenters. The van der Waals surface area contributed by atoms with E-state index < -0.39 is 20.5 Å². The summed E-state index contributed by atoms with van der Waals surface area (Å²) < 4.78 is 26.2. The molecule has 0 heterocycles. The molecule has 7 heteroatoms. The van der Waals surface area contributed by atoms with Gasteiger partial charge in [0.25, 0.3) is 0 Å². The fourth-order valence-corrected chi connectivity index (χ4v) is 1.59. The van der Waals surface area contributed by atoms with Crippen molar-refractivity contribution in [2.75, 3.05) is 20.8 Å². The van der Waals surface area contributed by atoms with Gasteiger partial charge in [0.05, 0.1) is 18.3 Å². The second-order valence-corrected chi connectivity index (χ2v) is 4.05. The van der Waals surface area contributed by atoms with E-state index in [1.807, 2.05) is 0 Å². The van der Waals surface area contributed by atoms with Gasteiger partial charge in [0.2, 0.25) is 0 Å². The van der Waals surface area contributed by atoms with E-state index in [4.69, 9.17) is 13.7 Å². The minimum absolute atomic E-state index is 0.415. The molecule has 0 aromatic rings. The van der Waals surface area contributed by atoms with E-state index in [1.54, 1.807) is 0 Å². The lowest BCUT2D eigenvalue weighted by molar-refractivity contribution is -0.166. The molecule has 4 nitrogen and oxygen atoms in total. The van der Waals surface area contributed by atoms with Crippen LogP contribution in [0.25, 0.3) is 0 Å². The molecule has 0 saturated heterocycles. The summed E-state index contributed by atoms with van der Waals surface area (Å²) in [5.74, 6) is 0. The van der Waals surface area contributed by atoms with Gasteiger partial charge in [0.1, 0.15) is 6.10 Å². The molecule has 0 aromatic heterocycles. The number of methoxy groups -OCH3 is 2. The summed E-state index contributed by atoms with van der Waals surface area (Å²) in [5, 5.41) is 9.48. The average Bonchev–Trinajstić information content (AvgIpc) is 2.19. The Labute approximate surface area is 89.3 Å². The Morgan fingerprint density at radius 2 is 2.07 bits per heavy atom. The van der Waals surface area contributed by atoms with Gasteiger partial charge in [-0.25, -0.2) is 4.20 Å². The maximum Gasteiger partial charge on any atom is 0.182 e. The highest BCUT2D eigenvalue weighted by Gasteiger charge is 2.16. The lowest BCUT2D eigenvalue weighted by Gasteiger charge is -2.19. The zero-order valence-electron chi connectivity index (χ0n) is 8.23. The maximum absolute atomic E-state index is 11.6. The Morgan fingerprint density at radius 1 is 1.43 bits per heavy atom. The Kier molecular flexibility index (Phi) is 10.5. The van der Waals surface area contributed by atoms with E-state index >= 15 is 0 Å². The fourth-order valence-electron chi connectivity index (χ4n) is 0.962. The van der Waals surface area contributed by atoms with Crippen LogP contribution in [0, 0.1) is 0 Å². The lowest BCUT2D eigenvalue weighted by atomic mass is 10.2. The van der Waals surface area contributed by atoms with Crippen molar-refractivity contribution >= 4 is 19.8 Å². The zero-order valence-corrected chi connectivity index (χ0v) is 10.1. The summed E-state index contributed by atoms with van der Waals surface area (Å²) in [6.45, 7) is 0.415. The van der Waals surface area contributed by atoms with Crippen molar-refractivity contribution in [1.82, 2.24) is 0 Å². The SMILES string of the molecule is COC(OC)C(O)CCCOSPF. The van der Waals surface area contributed by atoms with Gasteiger partial charge in [0, 0.05) is 14.2 Å². The molecule has 0 saturated carbocycles. The number of ether oxygens (including phenoxy) is 2. The minimum Gasteiger partial charge on any atom is -0.388 e. The van der Waals surface area contributed by atoms with Gasteiger partial charge < -0.3 is 18.8 Å². The predicted octanol–water partition coefficient (Wildman–Crippen LogP) is 1.89. The number of aliphatic hydroxyl groups excluding tert-OH is 1. The van der Waals surface area contributed by atoms with Crippen molar-refractivity contribution in [3.8, 4) is 0 Å². The minimum atomic E-state index is -0.758. The topological polar surface area (TPSA) is 47.9 Å². The van der Waals surface area contributed by atoms with E-state index in [2.05, 4.69) is 0 Å². The van der Waals surface area contributed by atoms with E-state index in [-0.39, 0.29) is 0 Å². The van der Waals surface area contributed by atoms with E-state index in [0.717, 1.165) is 11.7 Å². The summed E-state index contributed by atoms with van der Waals surface area (Å²) in [6, 6.07) is 0. The van der Waals surface area contributed by atoms with Crippen LogP contribution in [-0.4, -0.2) is 38.3 Å². The van der Waals surface area contributed by atoms with Crippen molar-refractivity contribution in [1.29, 1.82) is 0 Å². The highest BCUT2D eigenvalue weighted by atomic mass is 32.7.